The fraction of sp³-hybridized carbons (Fsp3) is 0.500. The Kier molecular flexibility index (Phi) is 6.62. The predicted octanol–water partition coefficient (Wildman–Crippen LogP) is 4.34. The maximum absolute atomic E-state index is 12.3. The molecule has 6 heteroatoms. The monoisotopic (exact) mass is 390 g/mol. The van der Waals surface area contributed by atoms with Crippen LogP contribution >= 0.6 is 22.7 Å². The van der Waals surface area contributed by atoms with Crippen molar-refractivity contribution in [3.05, 3.63) is 43.8 Å². The molecule has 0 radical (unpaired) electrons. The molecule has 1 N–H and O–H groups in total. The molecule has 0 bridgehead atoms. The minimum atomic E-state index is -0.0382. The van der Waals surface area contributed by atoms with E-state index in [0.29, 0.717) is 6.54 Å². The Bertz CT molecular complexity index is 746. The number of nitrogens with zero attached hydrogens (tertiary/aromatic N) is 1. The Labute approximate surface area is 163 Å². The number of hydrogen-bond donors (Lipinski definition) is 1. The zero-order chi connectivity index (χ0) is 18.5. The van der Waals surface area contributed by atoms with E-state index in [2.05, 4.69) is 27.7 Å². The number of carbonyl (C=O) groups excluding carboxylic acids is 2. The van der Waals surface area contributed by atoms with E-state index in [9.17, 15) is 9.59 Å². The van der Waals surface area contributed by atoms with Crippen LogP contribution in [0.4, 0.5) is 0 Å². The molecule has 26 heavy (non-hydrogen) atoms. The van der Waals surface area contributed by atoms with Gasteiger partial charge < -0.3 is 5.32 Å². The van der Waals surface area contributed by atoms with Crippen LogP contribution in [0.3, 0.4) is 0 Å². The molecule has 1 atom stereocenters. The molecular weight excluding hydrogens is 364 g/mol. The average Bonchev–Trinajstić information content (AvgIpc) is 3.35. The van der Waals surface area contributed by atoms with Crippen molar-refractivity contribution in [1.29, 1.82) is 0 Å². The molecule has 3 rings (SSSR count). The number of carbonyl (C=O) groups is 2. The molecule has 2 aromatic rings. The first-order valence-corrected chi connectivity index (χ1v) is 10.9. The molecule has 0 saturated carbocycles. The molecule has 1 aliphatic rings. The highest BCUT2D eigenvalue weighted by atomic mass is 32.1. The van der Waals surface area contributed by atoms with Crippen molar-refractivity contribution < 1.29 is 9.59 Å². The number of rotatable bonds is 8. The molecule has 0 spiro atoms. The Balaban J connectivity index is 1.50. The van der Waals surface area contributed by atoms with E-state index < -0.39 is 0 Å². The maximum Gasteiger partial charge on any atom is 0.220 e. The number of nitrogens with one attached hydrogen (secondary N) is 1. The zero-order valence-corrected chi connectivity index (χ0v) is 17.0. The van der Waals surface area contributed by atoms with Gasteiger partial charge in [0.25, 0.3) is 0 Å². The van der Waals surface area contributed by atoms with Gasteiger partial charge in [-0.1, -0.05) is 6.07 Å². The highest BCUT2D eigenvalue weighted by Crippen LogP contribution is 2.28. The lowest BCUT2D eigenvalue weighted by Gasteiger charge is -2.26. The third-order valence-electron chi connectivity index (χ3n) is 4.87. The molecule has 2 aromatic heterocycles. The second-order valence-electron chi connectivity index (χ2n) is 6.83. The van der Waals surface area contributed by atoms with Crippen molar-refractivity contribution in [2.24, 2.45) is 0 Å². The first-order chi connectivity index (χ1) is 12.5. The first-order valence-electron chi connectivity index (χ1n) is 9.19. The molecule has 0 aromatic carbocycles. The third kappa shape index (κ3) is 4.81. The fourth-order valence-electron chi connectivity index (χ4n) is 3.51. The molecule has 1 aliphatic heterocycles. The molecule has 1 saturated heterocycles. The van der Waals surface area contributed by atoms with Crippen molar-refractivity contribution in [2.45, 2.75) is 45.6 Å². The van der Waals surface area contributed by atoms with Gasteiger partial charge in [0.1, 0.15) is 0 Å². The summed E-state index contributed by atoms with van der Waals surface area (Å²) in [6.45, 7) is 6.77. The van der Waals surface area contributed by atoms with Gasteiger partial charge in [0.05, 0.1) is 6.04 Å². The molecular formula is C20H26N2O2S2. The van der Waals surface area contributed by atoms with E-state index in [4.69, 9.17) is 0 Å². The summed E-state index contributed by atoms with van der Waals surface area (Å²) in [5.74, 6) is 0.0278. The molecule has 1 fully saturated rings. The number of likely N-dealkylation sites (tertiary alicyclic amines) is 1. The van der Waals surface area contributed by atoms with Gasteiger partial charge in [0, 0.05) is 39.6 Å². The standard InChI is InChI=1S/C20H26N2O2S2/c1-14-12-16(15(2)26-14)18(23)7-8-20(24)21-13-17(19-6-5-11-25-19)22-9-3-4-10-22/h5-6,11-12,17H,3-4,7-10,13H2,1-2H3,(H,21,24). The topological polar surface area (TPSA) is 49.4 Å². The summed E-state index contributed by atoms with van der Waals surface area (Å²) < 4.78 is 0. The summed E-state index contributed by atoms with van der Waals surface area (Å²) in [5, 5.41) is 5.14. The summed E-state index contributed by atoms with van der Waals surface area (Å²) in [6, 6.07) is 6.39. The van der Waals surface area contributed by atoms with E-state index >= 15 is 0 Å². The van der Waals surface area contributed by atoms with Crippen LogP contribution in [0.15, 0.2) is 23.6 Å². The molecule has 140 valence electrons. The number of Topliss-reactive ketones (excluding diaryl/α,β-unsaturated/α-hetero) is 1. The predicted molar refractivity (Wildman–Crippen MR) is 108 cm³/mol. The van der Waals surface area contributed by atoms with Crippen LogP contribution in [0.25, 0.3) is 0 Å². The van der Waals surface area contributed by atoms with Crippen molar-refractivity contribution >= 4 is 34.4 Å². The van der Waals surface area contributed by atoms with Gasteiger partial charge in [-0.3, -0.25) is 14.5 Å². The summed E-state index contributed by atoms with van der Waals surface area (Å²) >= 11 is 3.38. The van der Waals surface area contributed by atoms with Crippen LogP contribution in [-0.2, 0) is 4.79 Å². The molecule has 3 heterocycles. The van der Waals surface area contributed by atoms with Crippen molar-refractivity contribution in [3.8, 4) is 0 Å². The summed E-state index contributed by atoms with van der Waals surface area (Å²) in [7, 11) is 0. The van der Waals surface area contributed by atoms with Crippen LogP contribution in [0.5, 0.6) is 0 Å². The van der Waals surface area contributed by atoms with Crippen molar-refractivity contribution in [1.82, 2.24) is 10.2 Å². The lowest BCUT2D eigenvalue weighted by atomic mass is 10.1. The fourth-order valence-corrected chi connectivity index (χ4v) is 5.32. The van der Waals surface area contributed by atoms with Gasteiger partial charge in [0.15, 0.2) is 5.78 Å². The molecule has 1 amide bonds. The lowest BCUT2D eigenvalue weighted by molar-refractivity contribution is -0.121. The highest BCUT2D eigenvalue weighted by molar-refractivity contribution is 7.12. The van der Waals surface area contributed by atoms with Gasteiger partial charge in [-0.15, -0.1) is 22.7 Å². The number of aryl methyl sites for hydroxylation is 2. The smallest absolute Gasteiger partial charge is 0.220 e. The van der Waals surface area contributed by atoms with E-state index in [0.717, 1.165) is 28.4 Å². The third-order valence-corrected chi connectivity index (χ3v) is 6.81. The maximum atomic E-state index is 12.3. The summed E-state index contributed by atoms with van der Waals surface area (Å²) in [6.07, 6.45) is 2.98. The minimum absolute atomic E-state index is 0.0382. The van der Waals surface area contributed by atoms with E-state index in [-0.39, 0.29) is 30.6 Å². The second-order valence-corrected chi connectivity index (χ2v) is 9.27. The van der Waals surface area contributed by atoms with Gasteiger partial charge in [0.2, 0.25) is 5.91 Å². The quantitative estimate of drug-likeness (QED) is 0.682. The van der Waals surface area contributed by atoms with Crippen molar-refractivity contribution in [3.63, 3.8) is 0 Å². The van der Waals surface area contributed by atoms with Gasteiger partial charge in [-0.2, -0.15) is 0 Å². The molecule has 4 nitrogen and oxygen atoms in total. The van der Waals surface area contributed by atoms with Crippen LogP contribution in [0.1, 0.15) is 56.7 Å². The number of hydrogen-bond acceptors (Lipinski definition) is 5. The summed E-state index contributed by atoms with van der Waals surface area (Å²) in [5.41, 5.74) is 0.772. The van der Waals surface area contributed by atoms with Crippen LogP contribution < -0.4 is 5.32 Å². The average molecular weight is 391 g/mol. The Morgan fingerprint density at radius 3 is 2.62 bits per heavy atom. The summed E-state index contributed by atoms with van der Waals surface area (Å²) in [4.78, 5) is 30.6. The molecule has 0 aliphatic carbocycles. The Hall–Kier alpha value is -1.50. The van der Waals surface area contributed by atoms with Crippen LogP contribution in [0, 0.1) is 13.8 Å². The number of ketones is 1. The lowest BCUT2D eigenvalue weighted by Crippen LogP contribution is -2.36. The van der Waals surface area contributed by atoms with E-state index in [1.54, 1.807) is 22.7 Å². The zero-order valence-electron chi connectivity index (χ0n) is 15.4. The van der Waals surface area contributed by atoms with E-state index in [1.165, 1.54) is 17.7 Å². The Morgan fingerprint density at radius 1 is 1.23 bits per heavy atom. The van der Waals surface area contributed by atoms with Gasteiger partial charge in [-0.25, -0.2) is 0 Å². The number of thiophene rings is 2. The van der Waals surface area contributed by atoms with Gasteiger partial charge >= 0.3 is 0 Å². The first kappa shape index (κ1) is 19.3. The normalized spacial score (nSPS) is 15.9. The highest BCUT2D eigenvalue weighted by Gasteiger charge is 2.24. The molecule has 1 unspecified atom stereocenters. The Morgan fingerprint density at radius 2 is 2.00 bits per heavy atom. The van der Waals surface area contributed by atoms with Crippen LogP contribution in [0.2, 0.25) is 0 Å². The number of amides is 1. The second kappa shape index (κ2) is 8.93. The van der Waals surface area contributed by atoms with Crippen molar-refractivity contribution in [2.75, 3.05) is 19.6 Å². The minimum Gasteiger partial charge on any atom is -0.354 e. The largest absolute Gasteiger partial charge is 0.354 e. The van der Waals surface area contributed by atoms with E-state index in [1.807, 2.05) is 19.9 Å². The SMILES string of the molecule is Cc1cc(C(=O)CCC(=O)NCC(c2cccs2)N2CCCC2)c(C)s1. The van der Waals surface area contributed by atoms with Gasteiger partial charge in [-0.05, 0) is 57.3 Å². The van der Waals surface area contributed by atoms with Crippen LogP contribution in [-0.4, -0.2) is 36.2 Å².